The second-order valence-electron chi connectivity index (χ2n) is 9.27. The fourth-order valence-electron chi connectivity index (χ4n) is 4.84. The summed E-state index contributed by atoms with van der Waals surface area (Å²) in [7, 11) is 2.17. The molecule has 8 heteroatoms. The zero-order valence-corrected chi connectivity index (χ0v) is 19.5. The Morgan fingerprint density at radius 2 is 1.85 bits per heavy atom. The summed E-state index contributed by atoms with van der Waals surface area (Å²) < 4.78 is 5.03. The fraction of sp³-hybridized carbons (Fsp3) is 0.440. The van der Waals surface area contributed by atoms with Gasteiger partial charge in [-0.25, -0.2) is 4.79 Å². The zero-order valence-electron chi connectivity index (χ0n) is 19.5. The topological polar surface area (TPSA) is 80.9 Å². The Morgan fingerprint density at radius 1 is 1.06 bits per heavy atom. The van der Waals surface area contributed by atoms with E-state index in [9.17, 15) is 9.59 Å². The largest absolute Gasteiger partial charge is 0.448 e. The second-order valence-corrected chi connectivity index (χ2v) is 9.27. The molecule has 0 aliphatic carbocycles. The highest BCUT2D eigenvalue weighted by Crippen LogP contribution is 2.35. The average molecular weight is 450 g/mol. The van der Waals surface area contributed by atoms with Crippen molar-refractivity contribution in [3.8, 4) is 0 Å². The quantitative estimate of drug-likeness (QED) is 0.686. The van der Waals surface area contributed by atoms with Crippen molar-refractivity contribution in [3.63, 3.8) is 0 Å². The number of cyclic esters (lactones) is 1. The van der Waals surface area contributed by atoms with Gasteiger partial charge in [-0.05, 0) is 55.8 Å². The number of nitrogens with zero attached hydrogens (tertiary/aromatic N) is 3. The van der Waals surface area contributed by atoms with E-state index in [1.807, 2.05) is 24.3 Å². The van der Waals surface area contributed by atoms with Crippen LogP contribution in [0.2, 0.25) is 0 Å². The van der Waals surface area contributed by atoms with Crippen molar-refractivity contribution < 1.29 is 14.3 Å². The van der Waals surface area contributed by atoms with Crippen molar-refractivity contribution in [2.24, 2.45) is 0 Å². The van der Waals surface area contributed by atoms with Crippen LogP contribution in [0, 0.1) is 13.8 Å². The van der Waals surface area contributed by atoms with Crippen molar-refractivity contribution in [1.82, 2.24) is 19.7 Å². The first kappa shape index (κ1) is 21.7. The molecule has 0 spiro atoms. The second kappa shape index (κ2) is 8.68. The van der Waals surface area contributed by atoms with Gasteiger partial charge in [0.05, 0.1) is 12.1 Å². The first-order valence-corrected chi connectivity index (χ1v) is 11.6. The van der Waals surface area contributed by atoms with Crippen molar-refractivity contribution in [3.05, 3.63) is 51.8 Å². The molecule has 2 N–H and O–H groups in total. The van der Waals surface area contributed by atoms with Crippen molar-refractivity contribution >= 4 is 29.3 Å². The number of benzene rings is 1. The van der Waals surface area contributed by atoms with Crippen LogP contribution in [0.5, 0.6) is 0 Å². The minimum atomic E-state index is -0.286. The molecular formula is C25H31N5O3. The number of hydrogen-bond donors (Lipinski definition) is 2. The number of likely N-dealkylation sites (N-methyl/N-ethyl adjacent to an activating group) is 1. The van der Waals surface area contributed by atoms with E-state index in [-0.39, 0.29) is 12.0 Å². The predicted octanol–water partition coefficient (Wildman–Crippen LogP) is 2.82. The number of carbonyl (C=O) groups excluding carboxylic acids is 2. The normalized spacial score (nSPS) is 20.5. The van der Waals surface area contributed by atoms with E-state index in [4.69, 9.17) is 4.74 Å². The molecule has 33 heavy (non-hydrogen) atoms. The molecule has 3 aliphatic heterocycles. The molecule has 2 fully saturated rings. The number of piperazine rings is 1. The summed E-state index contributed by atoms with van der Waals surface area (Å²) in [5, 5.41) is 2.97. The highest BCUT2D eigenvalue weighted by atomic mass is 16.6. The Labute approximate surface area is 194 Å². The molecule has 5 rings (SSSR count). The maximum atomic E-state index is 12.8. The SMILES string of the molecule is Cc1[nH]c(/C=C2\C(=O)Nc3ccc(CN4CCOC4=O)cc32)c(C)c1CN1CCN(C)CC1. The zero-order chi connectivity index (χ0) is 23.1. The van der Waals surface area contributed by atoms with Gasteiger partial charge >= 0.3 is 6.09 Å². The molecule has 174 valence electrons. The summed E-state index contributed by atoms with van der Waals surface area (Å²) >= 11 is 0. The van der Waals surface area contributed by atoms with E-state index in [1.54, 1.807) is 4.90 Å². The van der Waals surface area contributed by atoms with Crippen LogP contribution < -0.4 is 5.32 Å². The van der Waals surface area contributed by atoms with Crippen LogP contribution in [0.1, 0.15) is 33.6 Å². The summed E-state index contributed by atoms with van der Waals surface area (Å²) in [6.07, 6.45) is 1.68. The summed E-state index contributed by atoms with van der Waals surface area (Å²) in [6.45, 7) is 11.0. The number of rotatable bonds is 5. The number of fused-ring (bicyclic) bond motifs is 1. The molecule has 2 saturated heterocycles. The smallest absolute Gasteiger partial charge is 0.410 e. The maximum absolute atomic E-state index is 12.8. The Kier molecular flexibility index (Phi) is 5.72. The summed E-state index contributed by atoms with van der Waals surface area (Å²) in [4.78, 5) is 34.7. The van der Waals surface area contributed by atoms with E-state index in [0.717, 1.165) is 60.9 Å². The third kappa shape index (κ3) is 4.28. The van der Waals surface area contributed by atoms with Gasteiger partial charge in [0.1, 0.15) is 6.61 Å². The van der Waals surface area contributed by atoms with E-state index in [1.165, 1.54) is 11.1 Å². The highest BCUT2D eigenvalue weighted by molar-refractivity contribution is 6.34. The van der Waals surface area contributed by atoms with Crippen molar-refractivity contribution in [2.45, 2.75) is 26.9 Å². The highest BCUT2D eigenvalue weighted by Gasteiger charge is 2.27. The third-order valence-electron chi connectivity index (χ3n) is 6.98. The molecule has 2 aromatic rings. The number of aromatic nitrogens is 1. The lowest BCUT2D eigenvalue weighted by molar-refractivity contribution is -0.110. The van der Waals surface area contributed by atoms with Gasteiger partial charge in [0.15, 0.2) is 0 Å². The molecule has 0 saturated carbocycles. The molecule has 0 atom stereocenters. The minimum absolute atomic E-state index is 0.102. The molecule has 3 aliphatic rings. The van der Waals surface area contributed by atoms with Crippen molar-refractivity contribution in [1.29, 1.82) is 0 Å². The first-order valence-electron chi connectivity index (χ1n) is 11.6. The van der Waals surface area contributed by atoms with E-state index in [2.05, 4.69) is 41.0 Å². The van der Waals surface area contributed by atoms with E-state index >= 15 is 0 Å². The minimum Gasteiger partial charge on any atom is -0.448 e. The molecule has 0 bridgehead atoms. The van der Waals surface area contributed by atoms with Gasteiger partial charge in [0.2, 0.25) is 0 Å². The van der Waals surface area contributed by atoms with Gasteiger partial charge in [-0.1, -0.05) is 6.07 Å². The number of ether oxygens (including phenoxy) is 1. The molecule has 2 amide bonds. The molecule has 1 aromatic carbocycles. The van der Waals surface area contributed by atoms with Crippen LogP contribution in [-0.2, 0) is 22.6 Å². The van der Waals surface area contributed by atoms with Gasteiger partial charge in [-0.3, -0.25) is 9.69 Å². The lowest BCUT2D eigenvalue weighted by Gasteiger charge is -2.32. The number of amides is 2. The number of aryl methyl sites for hydroxylation is 1. The van der Waals surface area contributed by atoms with Gasteiger partial charge < -0.3 is 24.8 Å². The van der Waals surface area contributed by atoms with Gasteiger partial charge in [-0.15, -0.1) is 0 Å². The van der Waals surface area contributed by atoms with Crippen molar-refractivity contribution in [2.75, 3.05) is 51.7 Å². The number of carbonyl (C=O) groups is 2. The van der Waals surface area contributed by atoms with Crippen LogP contribution in [0.25, 0.3) is 11.6 Å². The predicted molar refractivity (Wildman–Crippen MR) is 128 cm³/mol. The lowest BCUT2D eigenvalue weighted by atomic mass is 10.0. The van der Waals surface area contributed by atoms with Crippen LogP contribution in [0.3, 0.4) is 0 Å². The van der Waals surface area contributed by atoms with Gasteiger partial charge in [0.25, 0.3) is 5.91 Å². The Morgan fingerprint density at radius 3 is 2.58 bits per heavy atom. The number of anilines is 1. The summed E-state index contributed by atoms with van der Waals surface area (Å²) in [6, 6.07) is 5.86. The number of hydrogen-bond acceptors (Lipinski definition) is 5. The maximum Gasteiger partial charge on any atom is 0.410 e. The Hall–Kier alpha value is -3.10. The Balaban J connectivity index is 1.40. The molecule has 8 nitrogen and oxygen atoms in total. The third-order valence-corrected chi connectivity index (χ3v) is 6.98. The number of nitrogens with one attached hydrogen (secondary N) is 2. The Bertz CT molecular complexity index is 1130. The number of aromatic amines is 1. The van der Waals surface area contributed by atoms with E-state index < -0.39 is 0 Å². The van der Waals surface area contributed by atoms with Crippen LogP contribution in [-0.4, -0.2) is 78.1 Å². The summed E-state index contributed by atoms with van der Waals surface area (Å²) in [5.41, 5.74) is 7.93. The monoisotopic (exact) mass is 449 g/mol. The lowest BCUT2D eigenvalue weighted by Crippen LogP contribution is -2.44. The summed E-state index contributed by atoms with van der Waals surface area (Å²) in [5.74, 6) is -0.102. The van der Waals surface area contributed by atoms with E-state index in [0.29, 0.717) is 25.3 Å². The fourth-order valence-corrected chi connectivity index (χ4v) is 4.84. The first-order chi connectivity index (χ1) is 15.9. The van der Waals surface area contributed by atoms with Gasteiger partial charge in [0, 0.05) is 61.9 Å². The molecule has 1 aromatic heterocycles. The number of H-pyrrole nitrogens is 1. The van der Waals surface area contributed by atoms with Crippen LogP contribution in [0.15, 0.2) is 18.2 Å². The van der Waals surface area contributed by atoms with Gasteiger partial charge in [-0.2, -0.15) is 0 Å². The molecule has 0 unspecified atom stereocenters. The van der Waals surface area contributed by atoms with Crippen LogP contribution in [0.4, 0.5) is 10.5 Å². The van der Waals surface area contributed by atoms with Crippen LogP contribution >= 0.6 is 0 Å². The standard InChI is InChI=1S/C25H31N5O3/c1-16-21(15-29-8-6-28(3)7-9-29)17(2)26-23(16)13-20-19-12-18(4-5-22(19)27-24(20)31)14-30-10-11-33-25(30)32/h4-5,12-13,26H,6-11,14-15H2,1-3H3,(H,27,31)/b20-13-. The average Bonchev–Trinajstić information content (AvgIpc) is 3.42. The molecule has 4 heterocycles. The molecular weight excluding hydrogens is 418 g/mol. The molecule has 0 radical (unpaired) electrons.